The van der Waals surface area contributed by atoms with Crippen LogP contribution in [0.15, 0.2) is 47.4 Å². The van der Waals surface area contributed by atoms with Crippen LogP contribution in [0.25, 0.3) is 0 Å². The number of aryl methyl sites for hydroxylation is 3. The summed E-state index contributed by atoms with van der Waals surface area (Å²) < 4.78 is 27.5. The third kappa shape index (κ3) is 4.82. The SMILES string of the molecule is Cc1ccc(S(=O)(=O)NCCCc2ccc(N(C)C)cc2)c(C)c1. The first-order valence-electron chi connectivity index (χ1n) is 8.13. The molecule has 0 bridgehead atoms. The molecule has 2 rings (SSSR count). The Kier molecular flexibility index (Phi) is 6.02. The Hall–Kier alpha value is -1.85. The molecule has 0 saturated carbocycles. The number of hydrogen-bond acceptors (Lipinski definition) is 3. The summed E-state index contributed by atoms with van der Waals surface area (Å²) in [4.78, 5) is 2.42. The fourth-order valence-corrected chi connectivity index (χ4v) is 3.94. The molecule has 0 atom stereocenters. The van der Waals surface area contributed by atoms with Gasteiger partial charge in [0, 0.05) is 26.3 Å². The summed E-state index contributed by atoms with van der Waals surface area (Å²) in [5, 5.41) is 0. The van der Waals surface area contributed by atoms with Crippen LogP contribution in [0.4, 0.5) is 5.69 Å². The molecule has 0 aromatic heterocycles. The van der Waals surface area contributed by atoms with Crippen molar-refractivity contribution in [2.75, 3.05) is 25.5 Å². The maximum absolute atomic E-state index is 12.4. The molecule has 0 aliphatic rings. The van der Waals surface area contributed by atoms with Gasteiger partial charge in [0.25, 0.3) is 0 Å². The van der Waals surface area contributed by atoms with E-state index in [0.717, 1.165) is 29.7 Å². The molecule has 24 heavy (non-hydrogen) atoms. The van der Waals surface area contributed by atoms with Crippen molar-refractivity contribution in [1.29, 1.82) is 0 Å². The van der Waals surface area contributed by atoms with Crippen molar-refractivity contribution in [3.8, 4) is 0 Å². The van der Waals surface area contributed by atoms with Gasteiger partial charge in [0.2, 0.25) is 10.0 Å². The molecule has 130 valence electrons. The van der Waals surface area contributed by atoms with E-state index >= 15 is 0 Å². The zero-order valence-electron chi connectivity index (χ0n) is 14.8. The number of sulfonamides is 1. The van der Waals surface area contributed by atoms with Crippen molar-refractivity contribution >= 4 is 15.7 Å². The quantitative estimate of drug-likeness (QED) is 0.783. The molecule has 2 aromatic rings. The lowest BCUT2D eigenvalue weighted by atomic mass is 10.1. The smallest absolute Gasteiger partial charge is 0.240 e. The van der Waals surface area contributed by atoms with Gasteiger partial charge < -0.3 is 4.90 Å². The molecule has 0 spiro atoms. The van der Waals surface area contributed by atoms with Crippen molar-refractivity contribution < 1.29 is 8.42 Å². The van der Waals surface area contributed by atoms with E-state index in [1.54, 1.807) is 6.07 Å². The van der Waals surface area contributed by atoms with Gasteiger partial charge in [-0.2, -0.15) is 0 Å². The Morgan fingerprint density at radius 3 is 2.25 bits per heavy atom. The molecule has 0 amide bonds. The maximum Gasteiger partial charge on any atom is 0.240 e. The number of benzene rings is 2. The van der Waals surface area contributed by atoms with Crippen molar-refractivity contribution in [2.45, 2.75) is 31.6 Å². The Morgan fingerprint density at radius 2 is 1.67 bits per heavy atom. The first-order valence-corrected chi connectivity index (χ1v) is 9.61. The van der Waals surface area contributed by atoms with Gasteiger partial charge in [0.15, 0.2) is 0 Å². The molecular weight excluding hydrogens is 320 g/mol. The first-order chi connectivity index (χ1) is 11.3. The van der Waals surface area contributed by atoms with Crippen molar-refractivity contribution in [3.05, 3.63) is 59.2 Å². The minimum absolute atomic E-state index is 0.364. The minimum atomic E-state index is -3.44. The van der Waals surface area contributed by atoms with Crippen LogP contribution in [0.2, 0.25) is 0 Å². The minimum Gasteiger partial charge on any atom is -0.378 e. The maximum atomic E-state index is 12.4. The van der Waals surface area contributed by atoms with E-state index in [2.05, 4.69) is 33.9 Å². The second-order valence-electron chi connectivity index (χ2n) is 6.33. The fourth-order valence-electron chi connectivity index (χ4n) is 2.64. The van der Waals surface area contributed by atoms with Crippen molar-refractivity contribution in [3.63, 3.8) is 0 Å². The summed E-state index contributed by atoms with van der Waals surface area (Å²) in [6, 6.07) is 13.7. The van der Waals surface area contributed by atoms with Gasteiger partial charge in [0.05, 0.1) is 4.90 Å². The van der Waals surface area contributed by atoms with Crippen LogP contribution < -0.4 is 9.62 Å². The molecule has 0 heterocycles. The highest BCUT2D eigenvalue weighted by atomic mass is 32.2. The van der Waals surface area contributed by atoms with Gasteiger partial charge >= 0.3 is 0 Å². The van der Waals surface area contributed by atoms with Crippen LogP contribution in [-0.4, -0.2) is 29.1 Å². The van der Waals surface area contributed by atoms with Crippen LogP contribution >= 0.6 is 0 Å². The number of hydrogen-bond donors (Lipinski definition) is 1. The topological polar surface area (TPSA) is 49.4 Å². The molecule has 2 aromatic carbocycles. The second-order valence-corrected chi connectivity index (χ2v) is 8.07. The van der Waals surface area contributed by atoms with E-state index in [1.807, 2.05) is 40.1 Å². The molecule has 0 radical (unpaired) electrons. The average molecular weight is 346 g/mol. The van der Waals surface area contributed by atoms with E-state index in [0.29, 0.717) is 11.4 Å². The number of nitrogens with zero attached hydrogens (tertiary/aromatic N) is 1. The first kappa shape index (κ1) is 18.5. The van der Waals surface area contributed by atoms with Crippen LogP contribution in [0.5, 0.6) is 0 Å². The summed E-state index contributed by atoms with van der Waals surface area (Å²) in [6.45, 7) is 4.22. The molecule has 0 aliphatic carbocycles. The largest absolute Gasteiger partial charge is 0.378 e. The Morgan fingerprint density at radius 1 is 1.00 bits per heavy atom. The lowest BCUT2D eigenvalue weighted by molar-refractivity contribution is 0.578. The van der Waals surface area contributed by atoms with E-state index in [1.165, 1.54) is 5.56 Å². The molecule has 0 fully saturated rings. The summed E-state index contributed by atoms with van der Waals surface area (Å²) in [5.41, 5.74) is 4.22. The van der Waals surface area contributed by atoms with Gasteiger partial charge in [-0.1, -0.05) is 29.8 Å². The molecular formula is C19H26N2O2S. The van der Waals surface area contributed by atoms with Crippen LogP contribution in [-0.2, 0) is 16.4 Å². The van der Waals surface area contributed by atoms with Gasteiger partial charge in [0.1, 0.15) is 0 Å². The Labute approximate surface area is 145 Å². The van der Waals surface area contributed by atoms with Gasteiger partial charge in [-0.25, -0.2) is 13.1 Å². The zero-order chi connectivity index (χ0) is 17.7. The van der Waals surface area contributed by atoms with E-state index in [-0.39, 0.29) is 0 Å². The molecule has 0 unspecified atom stereocenters. The molecule has 4 nitrogen and oxygen atoms in total. The Bertz CT molecular complexity index is 782. The summed E-state index contributed by atoms with van der Waals surface area (Å²) in [7, 11) is 0.585. The van der Waals surface area contributed by atoms with Crippen LogP contribution in [0, 0.1) is 13.8 Å². The summed E-state index contributed by atoms with van der Waals surface area (Å²) in [6.07, 6.45) is 1.62. The predicted octanol–water partition coefficient (Wildman–Crippen LogP) is 3.28. The number of rotatable bonds is 7. The van der Waals surface area contributed by atoms with Crippen LogP contribution in [0.1, 0.15) is 23.1 Å². The fraction of sp³-hybridized carbons (Fsp3) is 0.368. The zero-order valence-corrected chi connectivity index (χ0v) is 15.7. The normalized spacial score (nSPS) is 11.5. The standard InChI is InChI=1S/C19H26N2O2S/c1-15-7-12-19(16(2)14-15)24(22,23)20-13-5-6-17-8-10-18(11-9-17)21(3)4/h7-12,14,20H,5-6,13H2,1-4H3. The molecule has 1 N–H and O–H groups in total. The van der Waals surface area contributed by atoms with Crippen LogP contribution in [0.3, 0.4) is 0 Å². The third-order valence-electron chi connectivity index (χ3n) is 4.01. The monoisotopic (exact) mass is 346 g/mol. The molecule has 0 saturated heterocycles. The van der Waals surface area contributed by atoms with E-state index < -0.39 is 10.0 Å². The number of nitrogens with one attached hydrogen (secondary N) is 1. The van der Waals surface area contributed by atoms with Gasteiger partial charge in [-0.3, -0.25) is 0 Å². The second kappa shape index (κ2) is 7.81. The summed E-state index contributed by atoms with van der Waals surface area (Å²) in [5.74, 6) is 0. The molecule has 5 heteroatoms. The highest BCUT2D eigenvalue weighted by molar-refractivity contribution is 7.89. The Balaban J connectivity index is 1.89. The van der Waals surface area contributed by atoms with Crippen molar-refractivity contribution in [2.24, 2.45) is 0 Å². The van der Waals surface area contributed by atoms with E-state index in [9.17, 15) is 8.42 Å². The van der Waals surface area contributed by atoms with E-state index in [4.69, 9.17) is 0 Å². The lowest BCUT2D eigenvalue weighted by Crippen LogP contribution is -2.25. The van der Waals surface area contributed by atoms with Crippen molar-refractivity contribution in [1.82, 2.24) is 4.72 Å². The predicted molar refractivity (Wildman–Crippen MR) is 100 cm³/mol. The lowest BCUT2D eigenvalue weighted by Gasteiger charge is -2.13. The highest BCUT2D eigenvalue weighted by Crippen LogP contribution is 2.16. The van der Waals surface area contributed by atoms with Gasteiger partial charge in [-0.05, 0) is 56.0 Å². The third-order valence-corrected chi connectivity index (χ3v) is 5.63. The average Bonchev–Trinajstić information content (AvgIpc) is 2.51. The highest BCUT2D eigenvalue weighted by Gasteiger charge is 2.15. The summed E-state index contributed by atoms with van der Waals surface area (Å²) >= 11 is 0. The molecule has 0 aliphatic heterocycles. The number of anilines is 1. The van der Waals surface area contributed by atoms with Gasteiger partial charge in [-0.15, -0.1) is 0 Å².